The number of benzene rings is 7. The molecule has 0 bridgehead atoms. The van der Waals surface area contributed by atoms with Crippen molar-refractivity contribution in [3.8, 4) is 17.2 Å². The number of phenols is 1. The summed E-state index contributed by atoms with van der Waals surface area (Å²) in [5.74, 6) is -1.94. The fourth-order valence-corrected chi connectivity index (χ4v) is 7.40. The molecule has 0 unspecified atom stereocenters. The largest absolute Gasteiger partial charge is 0.505 e. The van der Waals surface area contributed by atoms with Crippen molar-refractivity contribution >= 4 is 94.5 Å². The third-order valence-corrected chi connectivity index (χ3v) is 11.1. The number of aliphatic hydroxyl groups excluding tert-OH is 1. The summed E-state index contributed by atoms with van der Waals surface area (Å²) in [7, 11) is -10.2. The lowest BCUT2D eigenvalue weighted by atomic mass is 10.1. The number of carbonyl (C=O) groups excluding carboxylic acids is 2. The highest BCUT2D eigenvalue weighted by molar-refractivity contribution is 7.86. The molecule has 0 aliphatic rings. The molecule has 0 radical (unpaired) electrons. The average Bonchev–Trinajstić information content (AvgIpc) is 3.30. The van der Waals surface area contributed by atoms with Gasteiger partial charge in [-0.15, -0.1) is 15.3 Å². The molecular formula is C45H34N8O12S2. The van der Waals surface area contributed by atoms with Crippen molar-refractivity contribution in [3.05, 3.63) is 156 Å². The first-order valence-corrected chi connectivity index (χ1v) is 22.1. The monoisotopic (exact) mass is 942 g/mol. The Balaban J connectivity index is 1.02. The average molecular weight is 943 g/mol. The van der Waals surface area contributed by atoms with E-state index in [1.165, 1.54) is 84.9 Å². The second kappa shape index (κ2) is 19.7. The number of carbonyl (C=O) groups is 2. The van der Waals surface area contributed by atoms with Gasteiger partial charge in [0, 0.05) is 12.1 Å². The predicted octanol–water partition coefficient (Wildman–Crippen LogP) is 9.78. The minimum atomic E-state index is -5.10. The van der Waals surface area contributed by atoms with Gasteiger partial charge in [-0.25, -0.2) is 9.59 Å². The smallest absolute Gasteiger partial charge is 0.343 e. The Hall–Kier alpha value is -8.54. The highest BCUT2D eigenvalue weighted by Crippen LogP contribution is 2.48. The normalized spacial score (nSPS) is 12.2. The van der Waals surface area contributed by atoms with E-state index in [4.69, 9.17) is 26.0 Å². The second-order valence-electron chi connectivity index (χ2n) is 14.0. The maximum absolute atomic E-state index is 12.8. The summed E-state index contributed by atoms with van der Waals surface area (Å²) in [6.07, 6.45) is 2.81. The van der Waals surface area contributed by atoms with Crippen LogP contribution in [0.3, 0.4) is 0 Å². The molecule has 7 aromatic carbocycles. The molecule has 0 aliphatic heterocycles. The Labute approximate surface area is 380 Å². The van der Waals surface area contributed by atoms with E-state index in [1.54, 1.807) is 48.5 Å². The molecule has 0 heterocycles. The van der Waals surface area contributed by atoms with Gasteiger partial charge in [0.25, 0.3) is 20.2 Å². The summed E-state index contributed by atoms with van der Waals surface area (Å²) in [6.45, 7) is -0.0895. The number of hydrogen-bond donors (Lipinski definition) is 6. The molecule has 67 heavy (non-hydrogen) atoms. The number of anilines is 2. The van der Waals surface area contributed by atoms with Crippen molar-refractivity contribution in [2.24, 2.45) is 30.7 Å². The summed E-state index contributed by atoms with van der Waals surface area (Å²) < 4.78 is 80.4. The van der Waals surface area contributed by atoms with Gasteiger partial charge in [-0.05, 0) is 108 Å². The molecule has 0 atom stereocenters. The Morgan fingerprint density at radius 3 is 1.75 bits per heavy atom. The number of nitrogen functional groups attached to an aromatic ring is 2. The van der Waals surface area contributed by atoms with Gasteiger partial charge in [-0.2, -0.15) is 32.2 Å². The number of aromatic hydroxyl groups is 1. The van der Waals surface area contributed by atoms with Gasteiger partial charge in [0.15, 0.2) is 5.75 Å². The van der Waals surface area contributed by atoms with Crippen LogP contribution >= 0.6 is 0 Å². The molecule has 7 rings (SSSR count). The first-order valence-electron chi connectivity index (χ1n) is 19.3. The van der Waals surface area contributed by atoms with Crippen LogP contribution in [0.4, 0.5) is 45.5 Å². The van der Waals surface area contributed by atoms with Gasteiger partial charge in [0.1, 0.15) is 38.4 Å². The minimum absolute atomic E-state index is 0.0895. The van der Waals surface area contributed by atoms with Crippen LogP contribution in [0.1, 0.15) is 21.5 Å². The lowest BCUT2D eigenvalue weighted by Crippen LogP contribution is -2.09. The zero-order chi connectivity index (χ0) is 47.9. The molecule has 0 fully saturated rings. The Morgan fingerprint density at radius 1 is 0.612 bits per heavy atom. The van der Waals surface area contributed by atoms with Crippen molar-refractivity contribution in [2.45, 2.75) is 16.4 Å². The molecule has 0 amide bonds. The van der Waals surface area contributed by atoms with E-state index in [0.717, 1.165) is 23.3 Å². The molecule has 0 saturated heterocycles. The van der Waals surface area contributed by atoms with Crippen LogP contribution < -0.4 is 20.9 Å². The first-order chi connectivity index (χ1) is 32.0. The third kappa shape index (κ3) is 11.4. The molecule has 8 N–H and O–H groups in total. The number of aliphatic hydroxyl groups is 1. The van der Waals surface area contributed by atoms with Crippen LogP contribution in [-0.4, -0.2) is 48.1 Å². The molecule has 338 valence electrons. The van der Waals surface area contributed by atoms with E-state index >= 15 is 0 Å². The van der Waals surface area contributed by atoms with Crippen LogP contribution in [0, 0.1) is 0 Å². The van der Waals surface area contributed by atoms with Crippen molar-refractivity contribution in [1.82, 2.24) is 0 Å². The number of phenolic OH excluding ortho intramolecular Hbond substituents is 1. The number of esters is 2. The first kappa shape index (κ1) is 46.5. The second-order valence-corrected chi connectivity index (χ2v) is 16.8. The molecule has 0 spiro atoms. The van der Waals surface area contributed by atoms with E-state index in [-0.39, 0.29) is 57.2 Å². The van der Waals surface area contributed by atoms with E-state index in [2.05, 4.69) is 30.7 Å². The minimum Gasteiger partial charge on any atom is -0.505 e. The van der Waals surface area contributed by atoms with E-state index in [9.17, 15) is 40.6 Å². The number of nitrogens with zero attached hydrogens (tertiary/aromatic N) is 6. The highest BCUT2D eigenvalue weighted by Gasteiger charge is 2.28. The third-order valence-electron chi connectivity index (χ3n) is 9.37. The number of hydrogen-bond acceptors (Lipinski definition) is 18. The number of nitrogens with two attached hydrogens (primary N) is 2. The Morgan fingerprint density at radius 2 is 1.16 bits per heavy atom. The van der Waals surface area contributed by atoms with Crippen molar-refractivity contribution in [1.29, 1.82) is 0 Å². The van der Waals surface area contributed by atoms with Crippen LogP contribution in [0.5, 0.6) is 17.2 Å². The topological polar surface area (TPSA) is 328 Å². The maximum atomic E-state index is 12.8. The van der Waals surface area contributed by atoms with Gasteiger partial charge < -0.3 is 31.2 Å². The van der Waals surface area contributed by atoms with Crippen LogP contribution in [-0.2, 0) is 31.6 Å². The molecule has 0 aromatic heterocycles. The fourth-order valence-electron chi connectivity index (χ4n) is 6.07. The van der Waals surface area contributed by atoms with Gasteiger partial charge in [0.05, 0.1) is 46.0 Å². The van der Waals surface area contributed by atoms with Gasteiger partial charge in [0.2, 0.25) is 0 Å². The number of rotatable bonds is 14. The molecular weight excluding hydrogens is 909 g/mol. The van der Waals surface area contributed by atoms with Gasteiger partial charge in [-0.3, -0.25) is 9.11 Å². The number of fused-ring (bicyclic) bond motifs is 1. The highest BCUT2D eigenvalue weighted by atomic mass is 32.2. The summed E-state index contributed by atoms with van der Waals surface area (Å²) >= 11 is 0. The zero-order valence-electron chi connectivity index (χ0n) is 34.3. The van der Waals surface area contributed by atoms with Crippen LogP contribution in [0.15, 0.2) is 180 Å². The maximum Gasteiger partial charge on any atom is 0.343 e. The van der Waals surface area contributed by atoms with E-state index in [1.807, 2.05) is 0 Å². The lowest BCUT2D eigenvalue weighted by molar-refractivity contribution is -0.128. The molecule has 20 nitrogen and oxygen atoms in total. The van der Waals surface area contributed by atoms with Crippen molar-refractivity contribution in [2.75, 3.05) is 11.5 Å². The van der Waals surface area contributed by atoms with Crippen LogP contribution in [0.25, 0.3) is 16.8 Å². The zero-order valence-corrected chi connectivity index (χ0v) is 35.9. The van der Waals surface area contributed by atoms with Crippen molar-refractivity contribution < 1.29 is 55.2 Å². The predicted molar refractivity (Wildman–Crippen MR) is 244 cm³/mol. The number of ether oxygens (including phenoxy) is 2. The van der Waals surface area contributed by atoms with Crippen LogP contribution in [0.2, 0.25) is 0 Å². The van der Waals surface area contributed by atoms with Crippen molar-refractivity contribution in [3.63, 3.8) is 0 Å². The lowest BCUT2D eigenvalue weighted by Gasteiger charge is -2.14. The Kier molecular flexibility index (Phi) is 13.6. The summed E-state index contributed by atoms with van der Waals surface area (Å²) in [5.41, 5.74) is 13.3. The fraction of sp³-hybridized carbons (Fsp3) is 0.0222. The van der Waals surface area contributed by atoms with Gasteiger partial charge in [-0.1, -0.05) is 42.5 Å². The van der Waals surface area contributed by atoms with Gasteiger partial charge >= 0.3 is 11.9 Å². The molecule has 0 aliphatic carbocycles. The Bertz CT molecular complexity index is 3390. The standard InChI is InChI=1S/C45H34N8O12S2/c46-35-24-34(65-45(57)28-11-17-33(18-12-28)64-39(55)21-10-26-6-8-27(25-54)9-7-26)19-20-36(35)51-48-31-13-15-32(16-14-31)50-52-42-37(66(58,59)60)22-29-23-38(67(61,62)63)43(44(56)40(29)41(42)47)53-49-30-4-2-1-3-5-30/h1-24,54,56H,25,46-47H2,(H,58,59,60)(H,61,62,63). The molecule has 7 aromatic rings. The van der Waals surface area contributed by atoms with E-state index < -0.39 is 64.8 Å². The summed E-state index contributed by atoms with van der Waals surface area (Å²) in [5, 5.41) is 43.7. The summed E-state index contributed by atoms with van der Waals surface area (Å²) in [6, 6.07) is 32.4. The molecule has 0 saturated carbocycles. The quantitative estimate of drug-likeness (QED) is 0.0148. The number of azo groups is 3. The molecule has 22 heteroatoms. The van der Waals surface area contributed by atoms with E-state index in [0.29, 0.717) is 5.69 Å². The summed E-state index contributed by atoms with van der Waals surface area (Å²) in [4.78, 5) is 23.3. The SMILES string of the molecule is Nc1cc(OC(=O)c2ccc(OC(=O)C=Cc3ccc(CO)cc3)cc2)ccc1N=Nc1ccc(N=Nc2c(S(=O)(=O)O)cc3cc(S(=O)(=O)O)c(N=Nc4ccccc4)c(O)c3c2N)cc1.